The van der Waals surface area contributed by atoms with Crippen molar-refractivity contribution in [3.05, 3.63) is 29.6 Å². The van der Waals surface area contributed by atoms with E-state index in [1.165, 1.54) is 30.2 Å². The lowest BCUT2D eigenvalue weighted by Crippen LogP contribution is -2.28. The number of thioether (sulfide) groups is 1. The van der Waals surface area contributed by atoms with Gasteiger partial charge in [-0.2, -0.15) is 0 Å². The van der Waals surface area contributed by atoms with Crippen LogP contribution in [0.25, 0.3) is 0 Å². The average Bonchev–Trinajstić information content (AvgIpc) is 2.33. The molecular formula is C13H18FNS. The third kappa shape index (κ3) is 2.98. The van der Waals surface area contributed by atoms with E-state index in [-0.39, 0.29) is 5.82 Å². The van der Waals surface area contributed by atoms with Crippen LogP contribution >= 0.6 is 11.8 Å². The average molecular weight is 239 g/mol. The van der Waals surface area contributed by atoms with E-state index in [1.807, 2.05) is 18.4 Å². The molecule has 1 nitrogen and oxygen atoms in total. The Kier molecular flexibility index (Phi) is 4.24. The molecule has 3 heteroatoms. The molecule has 1 heterocycles. The van der Waals surface area contributed by atoms with E-state index in [0.29, 0.717) is 0 Å². The smallest absolute Gasteiger partial charge is 0.136 e. The van der Waals surface area contributed by atoms with Gasteiger partial charge < -0.3 is 5.32 Å². The summed E-state index contributed by atoms with van der Waals surface area (Å²) >= 11 is 1.48. The molecule has 1 N–H and O–H groups in total. The summed E-state index contributed by atoms with van der Waals surface area (Å²) in [6.45, 7) is 2.25. The van der Waals surface area contributed by atoms with Crippen molar-refractivity contribution in [2.45, 2.75) is 24.2 Å². The van der Waals surface area contributed by atoms with Crippen molar-refractivity contribution in [1.82, 2.24) is 5.32 Å². The van der Waals surface area contributed by atoms with Crippen molar-refractivity contribution in [1.29, 1.82) is 0 Å². The first kappa shape index (κ1) is 11.9. The van der Waals surface area contributed by atoms with Crippen molar-refractivity contribution >= 4 is 11.8 Å². The first-order valence-corrected chi connectivity index (χ1v) is 7.05. The molecule has 0 atom stereocenters. The minimum Gasteiger partial charge on any atom is -0.317 e. The van der Waals surface area contributed by atoms with Gasteiger partial charge in [0.15, 0.2) is 0 Å². The van der Waals surface area contributed by atoms with Crippen molar-refractivity contribution < 1.29 is 4.39 Å². The van der Waals surface area contributed by atoms with Crippen molar-refractivity contribution in [2.75, 3.05) is 19.3 Å². The standard InChI is InChI=1S/C13H18FNS/c1-16-13-9-11(2-3-12(13)14)8-10-4-6-15-7-5-10/h2-3,9-10,15H,4-8H2,1H3. The summed E-state index contributed by atoms with van der Waals surface area (Å²) in [6.07, 6.45) is 5.50. The number of hydrogen-bond acceptors (Lipinski definition) is 2. The molecule has 1 fully saturated rings. The highest BCUT2D eigenvalue weighted by molar-refractivity contribution is 7.98. The topological polar surface area (TPSA) is 12.0 Å². The monoisotopic (exact) mass is 239 g/mol. The van der Waals surface area contributed by atoms with Crippen LogP contribution in [-0.2, 0) is 6.42 Å². The second-order valence-corrected chi connectivity index (χ2v) is 5.21. The number of halogens is 1. The molecule has 0 bridgehead atoms. The van der Waals surface area contributed by atoms with E-state index in [1.54, 1.807) is 6.07 Å². The molecule has 1 aromatic carbocycles. The van der Waals surface area contributed by atoms with E-state index in [2.05, 4.69) is 5.32 Å². The van der Waals surface area contributed by atoms with Gasteiger partial charge in [0.25, 0.3) is 0 Å². The van der Waals surface area contributed by atoms with Crippen LogP contribution < -0.4 is 5.32 Å². The van der Waals surface area contributed by atoms with Gasteiger partial charge in [-0.3, -0.25) is 0 Å². The zero-order chi connectivity index (χ0) is 11.4. The molecule has 0 radical (unpaired) electrons. The van der Waals surface area contributed by atoms with Gasteiger partial charge in [-0.25, -0.2) is 4.39 Å². The maximum atomic E-state index is 13.3. The Hall–Kier alpha value is -0.540. The first-order valence-electron chi connectivity index (χ1n) is 5.82. The fraction of sp³-hybridized carbons (Fsp3) is 0.538. The van der Waals surface area contributed by atoms with Gasteiger partial charge in [-0.15, -0.1) is 11.8 Å². The van der Waals surface area contributed by atoms with Gasteiger partial charge in [0, 0.05) is 4.90 Å². The van der Waals surface area contributed by atoms with E-state index < -0.39 is 0 Å². The first-order chi connectivity index (χ1) is 7.79. The highest BCUT2D eigenvalue weighted by Crippen LogP contribution is 2.24. The maximum absolute atomic E-state index is 13.3. The molecule has 1 aromatic rings. The summed E-state index contributed by atoms with van der Waals surface area (Å²) in [5, 5.41) is 3.37. The molecule has 2 rings (SSSR count). The largest absolute Gasteiger partial charge is 0.317 e. The number of nitrogens with one attached hydrogen (secondary N) is 1. The van der Waals surface area contributed by atoms with Crippen LogP contribution in [0.2, 0.25) is 0 Å². The van der Waals surface area contributed by atoms with Crippen LogP contribution in [0.5, 0.6) is 0 Å². The molecule has 1 aliphatic heterocycles. The summed E-state index contributed by atoms with van der Waals surface area (Å²) in [4.78, 5) is 0.770. The van der Waals surface area contributed by atoms with Crippen LogP contribution in [0.15, 0.2) is 23.1 Å². The Labute approximate surface area is 101 Å². The van der Waals surface area contributed by atoms with Gasteiger partial charge in [-0.1, -0.05) is 6.07 Å². The Balaban J connectivity index is 2.03. The van der Waals surface area contributed by atoms with E-state index in [4.69, 9.17) is 0 Å². The summed E-state index contributed by atoms with van der Waals surface area (Å²) in [5.74, 6) is 0.669. The van der Waals surface area contributed by atoms with Crippen LogP contribution in [0.3, 0.4) is 0 Å². The molecule has 1 aliphatic rings. The third-order valence-corrected chi connectivity index (χ3v) is 3.95. The number of hydrogen-bond donors (Lipinski definition) is 1. The van der Waals surface area contributed by atoms with Crippen LogP contribution in [-0.4, -0.2) is 19.3 Å². The van der Waals surface area contributed by atoms with Crippen molar-refractivity contribution in [3.8, 4) is 0 Å². The fourth-order valence-electron chi connectivity index (χ4n) is 2.25. The predicted octanol–water partition coefficient (Wildman–Crippen LogP) is 3.09. The molecule has 0 aliphatic carbocycles. The second kappa shape index (κ2) is 5.69. The number of benzene rings is 1. The van der Waals surface area contributed by atoms with E-state index >= 15 is 0 Å². The van der Waals surface area contributed by atoms with Crippen LogP contribution in [0.4, 0.5) is 4.39 Å². The quantitative estimate of drug-likeness (QED) is 0.814. The zero-order valence-corrected chi connectivity index (χ0v) is 10.4. The minimum absolute atomic E-state index is 0.0958. The van der Waals surface area contributed by atoms with E-state index in [0.717, 1.165) is 30.3 Å². The predicted molar refractivity (Wildman–Crippen MR) is 67.5 cm³/mol. The lowest BCUT2D eigenvalue weighted by molar-refractivity contribution is 0.372. The lowest BCUT2D eigenvalue weighted by atomic mass is 9.91. The van der Waals surface area contributed by atoms with Gasteiger partial charge >= 0.3 is 0 Å². The summed E-state index contributed by atoms with van der Waals surface area (Å²) in [5.41, 5.74) is 1.28. The van der Waals surface area contributed by atoms with E-state index in [9.17, 15) is 4.39 Å². The van der Waals surface area contributed by atoms with Crippen molar-refractivity contribution in [2.24, 2.45) is 5.92 Å². The lowest BCUT2D eigenvalue weighted by Gasteiger charge is -2.22. The number of piperidine rings is 1. The third-order valence-electron chi connectivity index (χ3n) is 3.20. The Bertz CT molecular complexity index is 348. The summed E-state index contributed by atoms with van der Waals surface area (Å²) in [7, 11) is 0. The Morgan fingerprint density at radius 1 is 1.38 bits per heavy atom. The molecule has 0 aromatic heterocycles. The second-order valence-electron chi connectivity index (χ2n) is 4.37. The molecule has 0 spiro atoms. The van der Waals surface area contributed by atoms with Gasteiger partial charge in [0.2, 0.25) is 0 Å². The highest BCUT2D eigenvalue weighted by atomic mass is 32.2. The zero-order valence-electron chi connectivity index (χ0n) is 9.63. The molecular weight excluding hydrogens is 221 g/mol. The molecule has 0 unspecified atom stereocenters. The van der Waals surface area contributed by atoms with Gasteiger partial charge in [0.05, 0.1) is 0 Å². The molecule has 88 valence electrons. The molecule has 0 amide bonds. The number of rotatable bonds is 3. The molecule has 1 saturated heterocycles. The minimum atomic E-state index is -0.0958. The fourth-order valence-corrected chi connectivity index (χ4v) is 2.78. The van der Waals surface area contributed by atoms with Gasteiger partial charge in [-0.05, 0) is 62.2 Å². The highest BCUT2D eigenvalue weighted by Gasteiger charge is 2.14. The SMILES string of the molecule is CSc1cc(CC2CCNCC2)ccc1F. The van der Waals surface area contributed by atoms with Crippen molar-refractivity contribution in [3.63, 3.8) is 0 Å². The normalized spacial score (nSPS) is 17.6. The summed E-state index contributed by atoms with van der Waals surface area (Å²) < 4.78 is 13.3. The Morgan fingerprint density at radius 2 is 2.12 bits per heavy atom. The molecule has 0 saturated carbocycles. The molecule has 16 heavy (non-hydrogen) atoms. The summed E-state index contributed by atoms with van der Waals surface area (Å²) in [6, 6.07) is 5.53. The van der Waals surface area contributed by atoms with Gasteiger partial charge in [0.1, 0.15) is 5.82 Å². The maximum Gasteiger partial charge on any atom is 0.136 e. The Morgan fingerprint density at radius 3 is 2.81 bits per heavy atom. The van der Waals surface area contributed by atoms with Crippen LogP contribution in [0, 0.1) is 11.7 Å². The van der Waals surface area contributed by atoms with Crippen LogP contribution in [0.1, 0.15) is 18.4 Å².